The Morgan fingerprint density at radius 3 is 2.56 bits per heavy atom. The average molecular weight is 140 g/mol. The van der Waals surface area contributed by atoms with E-state index in [4.69, 9.17) is 0 Å². The van der Waals surface area contributed by atoms with Gasteiger partial charge in [-0.1, -0.05) is 24.8 Å². The van der Waals surface area contributed by atoms with Crippen molar-refractivity contribution in [3.63, 3.8) is 0 Å². The number of allylic oxidation sites excluding steroid dienone is 4. The van der Waals surface area contributed by atoms with Gasteiger partial charge in [0.1, 0.15) is 0 Å². The molecule has 0 bridgehead atoms. The lowest BCUT2D eigenvalue weighted by Crippen LogP contribution is -1.59. The summed E-state index contributed by atoms with van der Waals surface area (Å²) in [7, 11) is 0. The van der Waals surface area contributed by atoms with Crippen molar-refractivity contribution in [2.75, 3.05) is 6.26 Å². The molecule has 0 radical (unpaired) electrons. The topological polar surface area (TPSA) is 0 Å². The molecule has 0 aromatic heterocycles. The fourth-order valence-corrected chi connectivity index (χ4v) is 0.557. The highest BCUT2D eigenvalue weighted by Gasteiger charge is 1.76. The Morgan fingerprint density at radius 2 is 2.11 bits per heavy atom. The van der Waals surface area contributed by atoms with Gasteiger partial charge in [-0.25, -0.2) is 0 Å². The van der Waals surface area contributed by atoms with Crippen molar-refractivity contribution in [3.05, 3.63) is 35.8 Å². The predicted octanol–water partition coefficient (Wildman–Crippen LogP) is 3.00. The summed E-state index contributed by atoms with van der Waals surface area (Å²) in [5.41, 5.74) is 0. The van der Waals surface area contributed by atoms with E-state index in [9.17, 15) is 0 Å². The van der Waals surface area contributed by atoms with Crippen LogP contribution in [-0.2, 0) is 0 Å². The van der Waals surface area contributed by atoms with Crippen LogP contribution in [0.4, 0.5) is 0 Å². The lowest BCUT2D eigenvalue weighted by Gasteiger charge is -1.86. The van der Waals surface area contributed by atoms with Gasteiger partial charge in [0.15, 0.2) is 0 Å². The molecular weight excluding hydrogens is 128 g/mol. The van der Waals surface area contributed by atoms with Crippen LogP contribution in [0.2, 0.25) is 0 Å². The number of rotatable bonds is 3. The first kappa shape index (κ1) is 8.57. The molecule has 0 saturated heterocycles. The van der Waals surface area contributed by atoms with Crippen LogP contribution in [0, 0.1) is 0 Å². The van der Waals surface area contributed by atoms with Crippen LogP contribution in [0.1, 0.15) is 6.92 Å². The summed E-state index contributed by atoms with van der Waals surface area (Å²) in [5, 5.41) is 0. The van der Waals surface area contributed by atoms with Gasteiger partial charge in [0.25, 0.3) is 0 Å². The summed E-state index contributed by atoms with van der Waals surface area (Å²) in [5.74, 6) is 0. The van der Waals surface area contributed by atoms with Crippen LogP contribution < -0.4 is 0 Å². The first-order valence-electron chi connectivity index (χ1n) is 2.83. The SMILES string of the molecule is C=C(/C=C\C=C/C)SC. The molecule has 9 heavy (non-hydrogen) atoms. The van der Waals surface area contributed by atoms with Crippen LogP contribution >= 0.6 is 11.8 Å². The zero-order valence-electron chi connectivity index (χ0n) is 5.92. The summed E-state index contributed by atoms with van der Waals surface area (Å²) >= 11 is 1.66. The lowest BCUT2D eigenvalue weighted by atomic mass is 10.4. The van der Waals surface area contributed by atoms with Gasteiger partial charge in [0.2, 0.25) is 0 Å². The molecule has 0 amide bonds. The molecule has 50 valence electrons. The van der Waals surface area contributed by atoms with E-state index in [0.29, 0.717) is 0 Å². The van der Waals surface area contributed by atoms with E-state index in [2.05, 4.69) is 6.58 Å². The highest BCUT2D eigenvalue weighted by molar-refractivity contribution is 8.02. The highest BCUT2D eigenvalue weighted by Crippen LogP contribution is 2.08. The quantitative estimate of drug-likeness (QED) is 0.543. The molecular formula is C8H12S. The predicted molar refractivity (Wildman–Crippen MR) is 46.6 cm³/mol. The Hall–Kier alpha value is -0.430. The maximum Gasteiger partial charge on any atom is -0.000285 e. The van der Waals surface area contributed by atoms with Crippen molar-refractivity contribution in [3.8, 4) is 0 Å². The van der Waals surface area contributed by atoms with Gasteiger partial charge in [-0.2, -0.15) is 0 Å². The molecule has 0 spiro atoms. The third-order valence-electron chi connectivity index (χ3n) is 0.848. The fourth-order valence-electron chi connectivity index (χ4n) is 0.342. The lowest BCUT2D eigenvalue weighted by molar-refractivity contribution is 1.73. The van der Waals surface area contributed by atoms with Crippen molar-refractivity contribution in [2.24, 2.45) is 0 Å². The molecule has 0 aromatic rings. The molecule has 0 aliphatic carbocycles. The van der Waals surface area contributed by atoms with Gasteiger partial charge in [0, 0.05) is 0 Å². The zero-order valence-corrected chi connectivity index (χ0v) is 6.74. The molecule has 0 saturated carbocycles. The van der Waals surface area contributed by atoms with E-state index in [0.717, 1.165) is 4.91 Å². The second-order valence-corrected chi connectivity index (χ2v) is 2.49. The highest BCUT2D eigenvalue weighted by atomic mass is 32.2. The molecule has 0 nitrogen and oxygen atoms in total. The molecule has 1 heteroatoms. The average Bonchev–Trinajstić information content (AvgIpc) is 1.89. The van der Waals surface area contributed by atoms with Crippen LogP contribution in [-0.4, -0.2) is 6.26 Å². The minimum atomic E-state index is 1.09. The number of thioether (sulfide) groups is 1. The Labute approximate surface area is 61.3 Å². The summed E-state index contributed by atoms with van der Waals surface area (Å²) in [4.78, 5) is 1.09. The van der Waals surface area contributed by atoms with Crippen molar-refractivity contribution in [2.45, 2.75) is 6.92 Å². The van der Waals surface area contributed by atoms with E-state index in [-0.39, 0.29) is 0 Å². The molecule has 0 heterocycles. The minimum absolute atomic E-state index is 1.09. The van der Waals surface area contributed by atoms with Gasteiger partial charge in [-0.05, 0) is 24.2 Å². The molecule has 0 fully saturated rings. The van der Waals surface area contributed by atoms with E-state index in [1.54, 1.807) is 11.8 Å². The summed E-state index contributed by atoms with van der Waals surface area (Å²) < 4.78 is 0. The Balaban J connectivity index is 3.57. The molecule has 0 aromatic carbocycles. The Morgan fingerprint density at radius 1 is 1.44 bits per heavy atom. The van der Waals surface area contributed by atoms with E-state index >= 15 is 0 Å². The van der Waals surface area contributed by atoms with Crippen LogP contribution in [0.25, 0.3) is 0 Å². The second-order valence-electron chi connectivity index (χ2n) is 1.56. The summed E-state index contributed by atoms with van der Waals surface area (Å²) in [6.07, 6.45) is 9.97. The van der Waals surface area contributed by atoms with Crippen LogP contribution in [0.15, 0.2) is 35.8 Å². The summed E-state index contributed by atoms with van der Waals surface area (Å²) in [6, 6.07) is 0. The normalized spacial score (nSPS) is 11.3. The third kappa shape index (κ3) is 5.44. The number of hydrogen-bond donors (Lipinski definition) is 0. The van der Waals surface area contributed by atoms with Gasteiger partial charge in [-0.3, -0.25) is 0 Å². The van der Waals surface area contributed by atoms with E-state index < -0.39 is 0 Å². The molecule has 0 unspecified atom stereocenters. The van der Waals surface area contributed by atoms with E-state index in [1.807, 2.05) is 37.5 Å². The Kier molecular flexibility index (Phi) is 5.43. The molecule has 0 rings (SSSR count). The standard InChI is InChI=1S/C8H12S/c1-4-5-6-7-8(2)9-3/h4-7H,2H2,1,3H3/b5-4-,7-6-. The zero-order chi connectivity index (χ0) is 7.11. The molecule has 0 atom stereocenters. The molecule has 0 aliphatic rings. The first-order chi connectivity index (χ1) is 4.31. The first-order valence-corrected chi connectivity index (χ1v) is 4.06. The van der Waals surface area contributed by atoms with Crippen molar-refractivity contribution in [1.29, 1.82) is 0 Å². The molecule has 0 aliphatic heterocycles. The van der Waals surface area contributed by atoms with Crippen LogP contribution in [0.5, 0.6) is 0 Å². The second kappa shape index (κ2) is 5.70. The van der Waals surface area contributed by atoms with Gasteiger partial charge in [0.05, 0.1) is 0 Å². The summed E-state index contributed by atoms with van der Waals surface area (Å²) in [6.45, 7) is 5.78. The fraction of sp³-hybridized carbons (Fsp3) is 0.250. The van der Waals surface area contributed by atoms with Crippen LogP contribution in [0.3, 0.4) is 0 Å². The largest absolute Gasteiger partial charge is 0.130 e. The van der Waals surface area contributed by atoms with E-state index in [1.165, 1.54) is 0 Å². The minimum Gasteiger partial charge on any atom is -0.130 e. The van der Waals surface area contributed by atoms with Crippen molar-refractivity contribution in [1.82, 2.24) is 0 Å². The maximum atomic E-state index is 3.79. The monoisotopic (exact) mass is 140 g/mol. The smallest absolute Gasteiger partial charge is 0.000285 e. The molecule has 0 N–H and O–H groups in total. The van der Waals surface area contributed by atoms with Gasteiger partial charge < -0.3 is 0 Å². The Bertz CT molecular complexity index is 132. The van der Waals surface area contributed by atoms with Gasteiger partial charge in [-0.15, -0.1) is 11.8 Å². The van der Waals surface area contributed by atoms with Crippen molar-refractivity contribution >= 4 is 11.8 Å². The van der Waals surface area contributed by atoms with Gasteiger partial charge >= 0.3 is 0 Å². The van der Waals surface area contributed by atoms with Crippen molar-refractivity contribution < 1.29 is 0 Å². The maximum absolute atomic E-state index is 3.79. The third-order valence-corrected chi connectivity index (χ3v) is 1.51. The number of hydrogen-bond acceptors (Lipinski definition) is 1.